The van der Waals surface area contributed by atoms with Crippen LogP contribution in [0.15, 0.2) is 59.5 Å². The Hall–Kier alpha value is -2.45. The molecule has 0 aliphatic heterocycles. The molecule has 0 amide bonds. The summed E-state index contributed by atoms with van der Waals surface area (Å²) in [7, 11) is -0.0454. The van der Waals surface area contributed by atoms with E-state index in [4.69, 9.17) is 0 Å². The fraction of sp³-hybridized carbons (Fsp3) is 0.250. The lowest BCUT2D eigenvalue weighted by Crippen LogP contribution is -2.36. The number of rotatable bonds is 7. The van der Waals surface area contributed by atoms with Crippen molar-refractivity contribution in [3.05, 3.63) is 64.7 Å². The Morgan fingerprint density at radius 3 is 2.04 bits per heavy atom. The van der Waals surface area contributed by atoms with Gasteiger partial charge < -0.3 is 4.90 Å². The Balaban J connectivity index is 2.42. The van der Waals surface area contributed by atoms with Gasteiger partial charge in [-0.3, -0.25) is 14.4 Å². The van der Waals surface area contributed by atoms with Gasteiger partial charge in [0.15, 0.2) is 0 Å². The van der Waals surface area contributed by atoms with E-state index in [0.29, 0.717) is 12.2 Å². The lowest BCUT2D eigenvalue weighted by atomic mass is 10.3. The second kappa shape index (κ2) is 7.41. The summed E-state index contributed by atoms with van der Waals surface area (Å²) in [6.07, 6.45) is 0. The van der Waals surface area contributed by atoms with Crippen LogP contribution in [0.2, 0.25) is 0 Å². The van der Waals surface area contributed by atoms with Gasteiger partial charge in [-0.1, -0.05) is 18.2 Å². The largest absolute Gasteiger partial charge is 0.308 e. The molecule has 0 saturated carbocycles. The van der Waals surface area contributed by atoms with E-state index in [9.17, 15) is 18.5 Å². The molecular formula is C16H19N3O4S. The van der Waals surface area contributed by atoms with Gasteiger partial charge in [-0.05, 0) is 38.4 Å². The quantitative estimate of drug-likeness (QED) is 0.566. The predicted molar refractivity (Wildman–Crippen MR) is 92.6 cm³/mol. The topological polar surface area (TPSA) is 83.8 Å². The predicted octanol–water partition coefficient (Wildman–Crippen LogP) is 2.35. The molecule has 0 aromatic heterocycles. The maximum Gasteiger partial charge on any atom is 0.269 e. The molecule has 128 valence electrons. The second-order valence-electron chi connectivity index (χ2n) is 5.47. The fourth-order valence-electron chi connectivity index (χ4n) is 2.14. The monoisotopic (exact) mass is 349 g/mol. The van der Waals surface area contributed by atoms with Crippen LogP contribution in [0.25, 0.3) is 0 Å². The average molecular weight is 349 g/mol. The SMILES string of the molecule is CN(C)CCN(c1ccc([N+](=O)[O-])cc1)S(=O)(=O)c1ccccc1. The average Bonchev–Trinajstić information content (AvgIpc) is 2.56. The first-order valence-corrected chi connectivity index (χ1v) is 8.73. The first-order chi connectivity index (χ1) is 11.3. The van der Waals surface area contributed by atoms with E-state index < -0.39 is 14.9 Å². The first kappa shape index (κ1) is 17.9. The van der Waals surface area contributed by atoms with Gasteiger partial charge in [0.05, 0.1) is 15.5 Å². The lowest BCUT2D eigenvalue weighted by Gasteiger charge is -2.26. The molecule has 2 rings (SSSR count). The van der Waals surface area contributed by atoms with Crippen LogP contribution in [0.4, 0.5) is 11.4 Å². The summed E-state index contributed by atoms with van der Waals surface area (Å²) in [5, 5.41) is 10.8. The summed E-state index contributed by atoms with van der Waals surface area (Å²) in [6, 6.07) is 13.6. The maximum absolute atomic E-state index is 12.9. The number of hydrogen-bond donors (Lipinski definition) is 0. The number of non-ortho nitro benzene ring substituents is 1. The molecule has 0 radical (unpaired) electrons. The van der Waals surface area contributed by atoms with E-state index >= 15 is 0 Å². The number of anilines is 1. The standard InChI is InChI=1S/C16H19N3O4S/c1-17(2)12-13-18(14-8-10-15(11-9-14)19(20)21)24(22,23)16-6-4-3-5-7-16/h3-11H,12-13H2,1-2H3. The molecule has 7 nitrogen and oxygen atoms in total. The molecule has 0 bridgehead atoms. The van der Waals surface area contributed by atoms with E-state index in [0.717, 1.165) is 0 Å². The van der Waals surface area contributed by atoms with Crippen molar-refractivity contribution in [3.63, 3.8) is 0 Å². The van der Waals surface area contributed by atoms with Gasteiger partial charge in [0.25, 0.3) is 15.7 Å². The highest BCUT2D eigenvalue weighted by Crippen LogP contribution is 2.25. The first-order valence-electron chi connectivity index (χ1n) is 7.29. The van der Waals surface area contributed by atoms with Crippen LogP contribution >= 0.6 is 0 Å². The normalized spacial score (nSPS) is 11.5. The van der Waals surface area contributed by atoms with Gasteiger partial charge in [0.1, 0.15) is 0 Å². The van der Waals surface area contributed by atoms with Crippen molar-refractivity contribution in [1.29, 1.82) is 0 Å². The lowest BCUT2D eigenvalue weighted by molar-refractivity contribution is -0.384. The number of hydrogen-bond acceptors (Lipinski definition) is 5. The highest BCUT2D eigenvalue weighted by molar-refractivity contribution is 7.92. The molecule has 8 heteroatoms. The third-order valence-electron chi connectivity index (χ3n) is 3.43. The van der Waals surface area contributed by atoms with Crippen molar-refractivity contribution in [1.82, 2.24) is 4.90 Å². The molecule has 0 unspecified atom stereocenters. The number of nitrogens with zero attached hydrogens (tertiary/aromatic N) is 3. The molecule has 0 fully saturated rings. The third kappa shape index (κ3) is 4.09. The van der Waals surface area contributed by atoms with E-state index in [-0.39, 0.29) is 17.1 Å². The molecule has 0 N–H and O–H groups in total. The van der Waals surface area contributed by atoms with Crippen molar-refractivity contribution < 1.29 is 13.3 Å². The number of benzene rings is 2. The van der Waals surface area contributed by atoms with Gasteiger partial charge in [0.2, 0.25) is 0 Å². The zero-order valence-corrected chi connectivity index (χ0v) is 14.3. The molecule has 0 atom stereocenters. The molecule has 2 aromatic carbocycles. The minimum absolute atomic E-state index is 0.0802. The number of likely N-dealkylation sites (N-methyl/N-ethyl adjacent to an activating group) is 1. The van der Waals surface area contributed by atoms with Gasteiger partial charge in [-0.2, -0.15) is 0 Å². The van der Waals surface area contributed by atoms with Crippen molar-refractivity contribution in [2.24, 2.45) is 0 Å². The molecule has 2 aromatic rings. The van der Waals surface area contributed by atoms with Crippen molar-refractivity contribution in [2.75, 3.05) is 31.5 Å². The zero-order chi connectivity index (χ0) is 17.7. The van der Waals surface area contributed by atoms with Crippen LogP contribution in [-0.2, 0) is 10.0 Å². The third-order valence-corrected chi connectivity index (χ3v) is 5.27. The highest BCUT2D eigenvalue weighted by atomic mass is 32.2. The zero-order valence-electron chi connectivity index (χ0n) is 13.5. The van der Waals surface area contributed by atoms with Crippen molar-refractivity contribution in [3.8, 4) is 0 Å². The summed E-state index contributed by atoms with van der Waals surface area (Å²) in [5.74, 6) is 0. The molecule has 0 saturated heterocycles. The Kier molecular flexibility index (Phi) is 5.53. The van der Waals surface area contributed by atoms with Crippen LogP contribution in [-0.4, -0.2) is 45.4 Å². The van der Waals surface area contributed by atoms with E-state index in [2.05, 4.69) is 0 Å². The van der Waals surface area contributed by atoms with Crippen LogP contribution < -0.4 is 4.31 Å². The molecule has 0 aliphatic carbocycles. The molecular weight excluding hydrogens is 330 g/mol. The van der Waals surface area contributed by atoms with Gasteiger partial charge >= 0.3 is 0 Å². The van der Waals surface area contributed by atoms with Gasteiger partial charge in [-0.15, -0.1) is 0 Å². The Morgan fingerprint density at radius 2 is 1.54 bits per heavy atom. The van der Waals surface area contributed by atoms with Crippen molar-refractivity contribution in [2.45, 2.75) is 4.90 Å². The summed E-state index contributed by atoms with van der Waals surface area (Å²) in [4.78, 5) is 12.3. The summed E-state index contributed by atoms with van der Waals surface area (Å²) >= 11 is 0. The molecule has 0 spiro atoms. The van der Waals surface area contributed by atoms with E-state index in [1.54, 1.807) is 18.2 Å². The van der Waals surface area contributed by atoms with Gasteiger partial charge in [-0.25, -0.2) is 8.42 Å². The summed E-state index contributed by atoms with van der Waals surface area (Å²) in [5.41, 5.74) is 0.315. The van der Waals surface area contributed by atoms with E-state index in [1.807, 2.05) is 19.0 Å². The number of nitro benzene ring substituents is 1. The summed E-state index contributed by atoms with van der Waals surface area (Å²) in [6.45, 7) is 0.755. The fourth-order valence-corrected chi connectivity index (χ4v) is 3.62. The Bertz CT molecular complexity index is 790. The highest BCUT2D eigenvalue weighted by Gasteiger charge is 2.25. The van der Waals surface area contributed by atoms with Crippen LogP contribution in [0.1, 0.15) is 0 Å². The van der Waals surface area contributed by atoms with Crippen LogP contribution in [0, 0.1) is 10.1 Å². The smallest absolute Gasteiger partial charge is 0.269 e. The maximum atomic E-state index is 12.9. The van der Waals surface area contributed by atoms with Crippen LogP contribution in [0.5, 0.6) is 0 Å². The Morgan fingerprint density at radius 1 is 0.958 bits per heavy atom. The van der Waals surface area contributed by atoms with Crippen LogP contribution in [0.3, 0.4) is 0 Å². The minimum Gasteiger partial charge on any atom is -0.308 e. The molecule has 0 heterocycles. The number of sulfonamides is 1. The summed E-state index contributed by atoms with van der Waals surface area (Å²) < 4.78 is 27.1. The minimum atomic E-state index is -3.75. The second-order valence-corrected chi connectivity index (χ2v) is 7.33. The molecule has 0 aliphatic rings. The van der Waals surface area contributed by atoms with E-state index in [1.165, 1.54) is 40.7 Å². The Labute approximate surface area is 141 Å². The van der Waals surface area contributed by atoms with Crippen molar-refractivity contribution >= 4 is 21.4 Å². The molecule has 24 heavy (non-hydrogen) atoms. The van der Waals surface area contributed by atoms with Gasteiger partial charge in [0, 0.05) is 25.2 Å². The number of nitro groups is 1.